The number of quaternary nitrogens is 1. The molecule has 0 amide bonds. The summed E-state index contributed by atoms with van der Waals surface area (Å²) in [5, 5.41) is 0. The van der Waals surface area contributed by atoms with Gasteiger partial charge in [0.15, 0.2) is 0 Å². The van der Waals surface area contributed by atoms with Crippen LogP contribution in [0.15, 0.2) is 0 Å². The van der Waals surface area contributed by atoms with E-state index in [1.165, 1.54) is 62.5 Å². The smallest absolute Gasteiger partial charge is 0.0945 e. The summed E-state index contributed by atoms with van der Waals surface area (Å²) in [5.41, 5.74) is 0. The highest BCUT2D eigenvalue weighted by Crippen LogP contribution is 2.26. The van der Waals surface area contributed by atoms with E-state index in [-0.39, 0.29) is 10.5 Å². The minimum absolute atomic E-state index is 0. The van der Waals surface area contributed by atoms with Gasteiger partial charge in [0.2, 0.25) is 0 Å². The van der Waals surface area contributed by atoms with Gasteiger partial charge in [-0.05, 0) is 46.0 Å². The Morgan fingerprint density at radius 2 is 1.36 bits per heavy atom. The molecule has 0 aromatic rings. The summed E-state index contributed by atoms with van der Waals surface area (Å²) in [6.07, 6.45) is 13.3. The molecule has 154 valence electrons. The number of hydrogen-bond acceptors (Lipinski definition) is 3. The number of nitrogens with zero attached hydrogens (tertiary/aromatic N) is 1. The lowest BCUT2D eigenvalue weighted by atomic mass is 9.92. The minimum Gasteiger partial charge on any atom is -0.748 e. The van der Waals surface area contributed by atoms with Gasteiger partial charge >= 0.3 is 0 Å². The van der Waals surface area contributed by atoms with Crippen LogP contribution >= 0.6 is 0 Å². The summed E-state index contributed by atoms with van der Waals surface area (Å²) in [5.74, 6) is -0.195. The molecule has 1 fully saturated rings. The lowest BCUT2D eigenvalue weighted by Gasteiger charge is -2.42. The Kier molecular flexibility index (Phi) is 16.1. The highest BCUT2D eigenvalue weighted by atomic mass is 32.2. The van der Waals surface area contributed by atoms with Gasteiger partial charge in [-0.3, -0.25) is 4.70 Å². The van der Waals surface area contributed by atoms with Crippen molar-refractivity contribution in [3.8, 4) is 0 Å². The van der Waals surface area contributed by atoms with Gasteiger partial charge in [-0.1, -0.05) is 45.4 Å². The average molecular weight is 384 g/mol. The van der Waals surface area contributed by atoms with E-state index in [9.17, 15) is 13.0 Å². The van der Waals surface area contributed by atoms with Gasteiger partial charge < -0.3 is 9.04 Å². The Labute approximate surface area is 156 Å². The number of unbranched alkanes of at least 4 members (excludes halogenated alkanes) is 5. The molecule has 6 heteroatoms. The molecule has 4 nitrogen and oxygen atoms in total. The summed E-state index contributed by atoms with van der Waals surface area (Å²) in [4.78, 5) is 0. The molecule has 25 heavy (non-hydrogen) atoms. The molecule has 0 aliphatic heterocycles. The van der Waals surface area contributed by atoms with Crippen LogP contribution in [0, 0.1) is 0 Å². The highest BCUT2D eigenvalue weighted by molar-refractivity contribution is 7.85. The molecule has 0 aromatic heterocycles. The van der Waals surface area contributed by atoms with Crippen molar-refractivity contribution in [2.75, 3.05) is 25.9 Å². The summed E-state index contributed by atoms with van der Waals surface area (Å²) in [6, 6.07) is 0.966. The van der Waals surface area contributed by atoms with Crippen LogP contribution in [-0.4, -0.2) is 49.4 Å². The Balaban J connectivity index is 0. The molecule has 0 spiro atoms. The standard InChI is InChI=1S/C11H24N.C8H18O3S.FH/c1-4-12(3,5-2)11-9-7-6-8-10-11;1-2-3-4-5-6-7-8-12(9,10)11;/h11H,4-10H2,1-3H3;2-8H2,1H3,(H,9,10,11);1H/q+1;;/p-1. The zero-order chi connectivity index (χ0) is 18.5. The normalized spacial score (nSPS) is 15.9. The van der Waals surface area contributed by atoms with Gasteiger partial charge in [-0.2, -0.15) is 0 Å². The SMILES string of the molecule is CCCCCCCCS(=O)(=O)[O-].CC[N+](C)(CC)C1CCCCC1.F. The van der Waals surface area contributed by atoms with E-state index in [0.29, 0.717) is 6.42 Å². The molecule has 1 saturated carbocycles. The van der Waals surface area contributed by atoms with Gasteiger partial charge in [-0.25, -0.2) is 8.42 Å². The highest BCUT2D eigenvalue weighted by Gasteiger charge is 2.30. The van der Waals surface area contributed by atoms with Crippen molar-refractivity contribution in [1.82, 2.24) is 0 Å². The maximum absolute atomic E-state index is 10.2. The Bertz CT molecular complexity index is 391. The Hall–Kier alpha value is -0.200. The van der Waals surface area contributed by atoms with Crippen LogP contribution < -0.4 is 0 Å². The summed E-state index contributed by atoms with van der Waals surface area (Å²) < 4.78 is 31.8. The maximum Gasteiger partial charge on any atom is 0.0945 e. The molecular weight excluding hydrogens is 341 g/mol. The average Bonchev–Trinajstić information content (AvgIpc) is 2.58. The fourth-order valence-corrected chi connectivity index (χ4v) is 4.06. The number of hydrogen-bond donors (Lipinski definition) is 0. The molecule has 0 N–H and O–H groups in total. The van der Waals surface area contributed by atoms with Crippen LogP contribution in [-0.2, 0) is 10.1 Å². The second kappa shape index (κ2) is 14.9. The van der Waals surface area contributed by atoms with Crippen LogP contribution in [0.5, 0.6) is 0 Å². The first kappa shape index (κ1) is 27.0. The van der Waals surface area contributed by atoms with Crippen molar-refractivity contribution in [1.29, 1.82) is 0 Å². The van der Waals surface area contributed by atoms with E-state index in [4.69, 9.17) is 0 Å². The van der Waals surface area contributed by atoms with Crippen molar-refractivity contribution in [2.45, 2.75) is 97.4 Å². The topological polar surface area (TPSA) is 57.2 Å². The zero-order valence-electron chi connectivity index (χ0n) is 17.0. The molecule has 0 bridgehead atoms. The van der Waals surface area contributed by atoms with E-state index < -0.39 is 10.1 Å². The number of halogens is 1. The monoisotopic (exact) mass is 383 g/mol. The Morgan fingerprint density at radius 3 is 1.80 bits per heavy atom. The first-order chi connectivity index (χ1) is 11.3. The fourth-order valence-electron chi connectivity index (χ4n) is 3.50. The molecule has 1 aliphatic carbocycles. The van der Waals surface area contributed by atoms with Gasteiger partial charge in [0.1, 0.15) is 0 Å². The third kappa shape index (κ3) is 13.6. The molecule has 0 unspecified atom stereocenters. The number of rotatable bonds is 10. The van der Waals surface area contributed by atoms with Crippen LogP contribution in [0.3, 0.4) is 0 Å². The molecule has 1 aliphatic rings. The van der Waals surface area contributed by atoms with E-state index >= 15 is 0 Å². The Morgan fingerprint density at radius 1 is 0.880 bits per heavy atom. The molecule has 0 heterocycles. The summed E-state index contributed by atoms with van der Waals surface area (Å²) in [7, 11) is -1.54. The second-order valence-electron chi connectivity index (χ2n) is 7.43. The quantitative estimate of drug-likeness (QED) is 0.308. The molecular formula is C19H42FNO3S. The van der Waals surface area contributed by atoms with E-state index in [2.05, 4.69) is 27.8 Å². The van der Waals surface area contributed by atoms with Gasteiger partial charge in [0, 0.05) is 5.75 Å². The first-order valence-corrected chi connectivity index (χ1v) is 11.6. The van der Waals surface area contributed by atoms with E-state index in [1.807, 2.05) is 0 Å². The van der Waals surface area contributed by atoms with Crippen molar-refractivity contribution in [2.24, 2.45) is 0 Å². The largest absolute Gasteiger partial charge is 0.748 e. The van der Waals surface area contributed by atoms with Crippen LogP contribution in [0.25, 0.3) is 0 Å². The molecule has 0 radical (unpaired) electrons. The third-order valence-electron chi connectivity index (χ3n) is 5.65. The molecule has 0 atom stereocenters. The van der Waals surface area contributed by atoms with E-state index in [0.717, 1.165) is 25.3 Å². The molecule has 0 saturated heterocycles. The van der Waals surface area contributed by atoms with Crippen molar-refractivity contribution >= 4 is 10.1 Å². The lowest BCUT2D eigenvalue weighted by molar-refractivity contribution is -0.931. The first-order valence-electron chi connectivity index (χ1n) is 10.1. The maximum atomic E-state index is 10.2. The van der Waals surface area contributed by atoms with Gasteiger partial charge in [0.05, 0.1) is 36.3 Å². The van der Waals surface area contributed by atoms with E-state index in [1.54, 1.807) is 0 Å². The molecule has 0 aromatic carbocycles. The van der Waals surface area contributed by atoms with Crippen LogP contribution in [0.1, 0.15) is 91.4 Å². The van der Waals surface area contributed by atoms with Gasteiger partial charge in [-0.15, -0.1) is 0 Å². The van der Waals surface area contributed by atoms with Crippen molar-refractivity contribution < 1.29 is 22.2 Å². The predicted octanol–water partition coefficient (Wildman–Crippen LogP) is 4.85. The minimum atomic E-state index is -3.97. The second-order valence-corrected chi connectivity index (χ2v) is 8.96. The van der Waals surface area contributed by atoms with Crippen LogP contribution in [0.2, 0.25) is 0 Å². The van der Waals surface area contributed by atoms with Gasteiger partial charge in [0.25, 0.3) is 0 Å². The van der Waals surface area contributed by atoms with Crippen molar-refractivity contribution in [3.05, 3.63) is 0 Å². The third-order valence-corrected chi connectivity index (χ3v) is 6.44. The zero-order valence-corrected chi connectivity index (χ0v) is 17.8. The summed E-state index contributed by atoms with van der Waals surface area (Å²) in [6.45, 7) is 9.40. The summed E-state index contributed by atoms with van der Waals surface area (Å²) >= 11 is 0. The lowest BCUT2D eigenvalue weighted by Crippen LogP contribution is -2.52. The predicted molar refractivity (Wildman–Crippen MR) is 105 cm³/mol. The van der Waals surface area contributed by atoms with Crippen LogP contribution in [0.4, 0.5) is 4.70 Å². The fraction of sp³-hybridized carbons (Fsp3) is 1.00. The van der Waals surface area contributed by atoms with Crippen molar-refractivity contribution in [3.63, 3.8) is 0 Å². The molecule has 1 rings (SSSR count).